The molecule has 0 unspecified atom stereocenters. The van der Waals surface area contributed by atoms with Gasteiger partial charge in [-0.25, -0.2) is 4.68 Å². The zero-order valence-corrected chi connectivity index (χ0v) is 9.61. The Balaban J connectivity index is 1.90. The number of carboxylic acid groups (broad SMARTS) is 1. The number of aliphatic carboxylic acids is 1. The Bertz CT molecular complexity index is 557. The largest absolute Gasteiger partial charge is 0.481 e. The molecule has 0 aromatic carbocycles. The molecule has 0 radical (unpaired) electrons. The predicted octanol–water partition coefficient (Wildman–Crippen LogP) is 1.19. The molecule has 7 heteroatoms. The molecule has 7 nitrogen and oxygen atoms in total. The van der Waals surface area contributed by atoms with Crippen molar-refractivity contribution < 1.29 is 14.3 Å². The summed E-state index contributed by atoms with van der Waals surface area (Å²) in [7, 11) is 0. The highest BCUT2D eigenvalue weighted by molar-refractivity contribution is 5.75. The first-order valence-corrected chi connectivity index (χ1v) is 5.73. The van der Waals surface area contributed by atoms with E-state index < -0.39 is 11.4 Å². The molecule has 2 heterocycles. The van der Waals surface area contributed by atoms with Crippen molar-refractivity contribution in [3.8, 4) is 11.4 Å². The number of furan rings is 1. The van der Waals surface area contributed by atoms with E-state index in [0.717, 1.165) is 12.0 Å². The Hall–Kier alpha value is -2.18. The number of hydrogen-bond acceptors (Lipinski definition) is 5. The van der Waals surface area contributed by atoms with Crippen LogP contribution in [0.3, 0.4) is 0 Å². The van der Waals surface area contributed by atoms with Crippen molar-refractivity contribution in [2.45, 2.75) is 25.8 Å². The standard InChI is InChI=1S/C11H12N4O3/c16-10(17)11(3-1-4-11)7-15-9(12-13-14-15)8-2-5-18-6-8/h2,5-6H,1,3-4,7H2,(H,16,17). The Morgan fingerprint density at radius 3 is 2.94 bits per heavy atom. The minimum Gasteiger partial charge on any atom is -0.481 e. The lowest BCUT2D eigenvalue weighted by atomic mass is 9.69. The van der Waals surface area contributed by atoms with E-state index in [9.17, 15) is 9.90 Å². The SMILES string of the molecule is O=C(O)C1(Cn2nnnc2-c2ccoc2)CCC1. The summed E-state index contributed by atoms with van der Waals surface area (Å²) in [6.07, 6.45) is 5.36. The van der Waals surface area contributed by atoms with Crippen LogP contribution in [0.1, 0.15) is 19.3 Å². The fraction of sp³-hybridized carbons (Fsp3) is 0.455. The maximum Gasteiger partial charge on any atom is 0.311 e. The zero-order chi connectivity index (χ0) is 12.6. The number of carbonyl (C=O) groups is 1. The topological polar surface area (TPSA) is 94.0 Å². The molecule has 1 fully saturated rings. The van der Waals surface area contributed by atoms with Crippen LogP contribution in [0.2, 0.25) is 0 Å². The van der Waals surface area contributed by atoms with Crippen LogP contribution in [0.4, 0.5) is 0 Å². The summed E-state index contributed by atoms with van der Waals surface area (Å²) in [6.45, 7) is 0.301. The van der Waals surface area contributed by atoms with E-state index in [4.69, 9.17) is 4.42 Å². The molecule has 94 valence electrons. The van der Waals surface area contributed by atoms with Crippen LogP contribution >= 0.6 is 0 Å². The van der Waals surface area contributed by atoms with Crippen molar-refractivity contribution in [2.75, 3.05) is 0 Å². The molecule has 0 atom stereocenters. The molecule has 0 saturated heterocycles. The summed E-state index contributed by atoms with van der Waals surface area (Å²) in [6, 6.07) is 1.75. The summed E-state index contributed by atoms with van der Waals surface area (Å²) in [5.41, 5.74) is 0.0355. The van der Waals surface area contributed by atoms with Crippen molar-refractivity contribution in [3.63, 3.8) is 0 Å². The Kier molecular flexibility index (Phi) is 2.39. The zero-order valence-electron chi connectivity index (χ0n) is 9.61. The summed E-state index contributed by atoms with van der Waals surface area (Å²) >= 11 is 0. The third kappa shape index (κ3) is 1.59. The van der Waals surface area contributed by atoms with E-state index in [1.165, 1.54) is 17.2 Å². The van der Waals surface area contributed by atoms with E-state index in [-0.39, 0.29) is 0 Å². The first-order chi connectivity index (χ1) is 8.71. The second-order valence-electron chi connectivity index (χ2n) is 4.61. The van der Waals surface area contributed by atoms with E-state index in [1.54, 1.807) is 6.07 Å². The minimum atomic E-state index is -0.776. The molecule has 2 aromatic heterocycles. The Labute approximate surface area is 102 Å². The molecule has 0 aliphatic heterocycles. The van der Waals surface area contributed by atoms with Crippen LogP contribution in [0, 0.1) is 5.41 Å². The van der Waals surface area contributed by atoms with Gasteiger partial charge in [0.15, 0.2) is 5.82 Å². The van der Waals surface area contributed by atoms with Gasteiger partial charge in [-0.15, -0.1) is 5.10 Å². The van der Waals surface area contributed by atoms with E-state index >= 15 is 0 Å². The van der Waals surface area contributed by atoms with Crippen LogP contribution in [-0.4, -0.2) is 31.3 Å². The number of nitrogens with zero attached hydrogens (tertiary/aromatic N) is 4. The molecule has 2 aromatic rings. The van der Waals surface area contributed by atoms with Gasteiger partial charge in [0, 0.05) is 0 Å². The minimum absolute atomic E-state index is 0.301. The number of hydrogen-bond donors (Lipinski definition) is 1. The highest BCUT2D eigenvalue weighted by Crippen LogP contribution is 2.42. The van der Waals surface area contributed by atoms with Gasteiger partial charge in [-0.2, -0.15) is 0 Å². The average molecular weight is 248 g/mol. The van der Waals surface area contributed by atoms with Gasteiger partial charge in [0.1, 0.15) is 6.26 Å². The summed E-state index contributed by atoms with van der Waals surface area (Å²) in [4.78, 5) is 11.3. The van der Waals surface area contributed by atoms with Crippen LogP contribution < -0.4 is 0 Å². The lowest BCUT2D eigenvalue weighted by Gasteiger charge is -2.37. The van der Waals surface area contributed by atoms with Gasteiger partial charge < -0.3 is 9.52 Å². The van der Waals surface area contributed by atoms with Gasteiger partial charge >= 0.3 is 5.97 Å². The predicted molar refractivity (Wildman–Crippen MR) is 59.4 cm³/mol. The van der Waals surface area contributed by atoms with Gasteiger partial charge in [-0.05, 0) is 29.3 Å². The number of tetrazole rings is 1. The summed E-state index contributed by atoms with van der Waals surface area (Å²) in [5, 5.41) is 20.7. The molecule has 0 amide bonds. The quantitative estimate of drug-likeness (QED) is 0.873. The van der Waals surface area contributed by atoms with Crippen LogP contribution in [0.25, 0.3) is 11.4 Å². The van der Waals surface area contributed by atoms with E-state index in [1.807, 2.05) is 0 Å². The Morgan fingerprint density at radius 2 is 2.39 bits per heavy atom. The maximum atomic E-state index is 11.3. The molecule has 1 aliphatic rings. The van der Waals surface area contributed by atoms with Crippen molar-refractivity contribution in [3.05, 3.63) is 18.6 Å². The Morgan fingerprint density at radius 1 is 1.56 bits per heavy atom. The van der Waals surface area contributed by atoms with Gasteiger partial charge in [-0.1, -0.05) is 6.42 Å². The second kappa shape index (κ2) is 3.94. The second-order valence-corrected chi connectivity index (χ2v) is 4.61. The van der Waals surface area contributed by atoms with Crippen molar-refractivity contribution in [1.29, 1.82) is 0 Å². The smallest absolute Gasteiger partial charge is 0.311 e. The van der Waals surface area contributed by atoms with Gasteiger partial charge in [0.25, 0.3) is 0 Å². The molecule has 1 N–H and O–H groups in total. The molecule has 0 bridgehead atoms. The third-order valence-electron chi connectivity index (χ3n) is 3.53. The van der Waals surface area contributed by atoms with Gasteiger partial charge in [0.05, 0.1) is 23.8 Å². The molecule has 3 rings (SSSR count). The van der Waals surface area contributed by atoms with Crippen molar-refractivity contribution >= 4 is 5.97 Å². The molecular weight excluding hydrogens is 236 g/mol. The lowest BCUT2D eigenvalue weighted by molar-refractivity contribution is -0.156. The monoisotopic (exact) mass is 248 g/mol. The fourth-order valence-corrected chi connectivity index (χ4v) is 2.24. The highest BCUT2D eigenvalue weighted by Gasteiger charge is 2.45. The van der Waals surface area contributed by atoms with E-state index in [0.29, 0.717) is 25.2 Å². The third-order valence-corrected chi connectivity index (χ3v) is 3.53. The number of carboxylic acids is 1. The van der Waals surface area contributed by atoms with Crippen LogP contribution in [0.5, 0.6) is 0 Å². The molecular formula is C11H12N4O3. The number of aromatic nitrogens is 4. The van der Waals surface area contributed by atoms with Crippen molar-refractivity contribution in [1.82, 2.24) is 20.2 Å². The summed E-state index contributed by atoms with van der Waals surface area (Å²) < 4.78 is 6.53. The van der Waals surface area contributed by atoms with Crippen LogP contribution in [0.15, 0.2) is 23.0 Å². The maximum absolute atomic E-state index is 11.3. The molecule has 1 aliphatic carbocycles. The van der Waals surface area contributed by atoms with Crippen LogP contribution in [-0.2, 0) is 11.3 Å². The first kappa shape index (κ1) is 10.9. The van der Waals surface area contributed by atoms with E-state index in [2.05, 4.69) is 15.5 Å². The molecule has 1 saturated carbocycles. The van der Waals surface area contributed by atoms with Gasteiger partial charge in [-0.3, -0.25) is 4.79 Å². The van der Waals surface area contributed by atoms with Gasteiger partial charge in [0.2, 0.25) is 0 Å². The summed E-state index contributed by atoms with van der Waals surface area (Å²) in [5.74, 6) is -0.237. The average Bonchev–Trinajstić information content (AvgIpc) is 2.93. The highest BCUT2D eigenvalue weighted by atomic mass is 16.4. The fourth-order valence-electron chi connectivity index (χ4n) is 2.24. The van der Waals surface area contributed by atoms with Crippen molar-refractivity contribution in [2.24, 2.45) is 5.41 Å². The normalized spacial score (nSPS) is 17.3. The number of rotatable bonds is 4. The first-order valence-electron chi connectivity index (χ1n) is 5.73. The molecule has 18 heavy (non-hydrogen) atoms. The molecule has 0 spiro atoms. The lowest BCUT2D eigenvalue weighted by Crippen LogP contribution is -2.42.